The van der Waals surface area contributed by atoms with Gasteiger partial charge in [-0.15, -0.1) is 0 Å². The van der Waals surface area contributed by atoms with E-state index in [-0.39, 0.29) is 5.60 Å². The maximum Gasteiger partial charge on any atom is 0.138 e. The highest BCUT2D eigenvalue weighted by Crippen LogP contribution is 2.25. The lowest BCUT2D eigenvalue weighted by atomic mass is 10.2. The average Bonchev–Trinajstić information content (AvgIpc) is 2.24. The molecule has 0 saturated carbocycles. The highest BCUT2D eigenvalue weighted by molar-refractivity contribution is 6.32. The highest BCUT2D eigenvalue weighted by atomic mass is 35.5. The number of rotatable bonds is 5. The molecule has 0 aromatic heterocycles. The van der Waals surface area contributed by atoms with E-state index in [1.54, 1.807) is 0 Å². The van der Waals surface area contributed by atoms with E-state index in [4.69, 9.17) is 26.8 Å². The minimum atomic E-state index is -0.142. The fourth-order valence-corrected chi connectivity index (χ4v) is 1.55. The topological polar surface area (TPSA) is 44.5 Å². The van der Waals surface area contributed by atoms with Crippen LogP contribution in [0.25, 0.3) is 0 Å². The van der Waals surface area contributed by atoms with E-state index in [1.165, 1.54) is 0 Å². The van der Waals surface area contributed by atoms with Gasteiger partial charge in [-0.3, -0.25) is 0 Å². The lowest BCUT2D eigenvalue weighted by Crippen LogP contribution is -2.22. The third kappa shape index (κ3) is 5.39. The molecule has 17 heavy (non-hydrogen) atoms. The Morgan fingerprint density at radius 3 is 2.47 bits per heavy atom. The molecule has 0 bridgehead atoms. The molecule has 4 heteroatoms. The van der Waals surface area contributed by atoms with Gasteiger partial charge < -0.3 is 15.2 Å². The first kappa shape index (κ1) is 14.3. The van der Waals surface area contributed by atoms with Crippen molar-refractivity contribution in [2.75, 3.05) is 13.2 Å². The van der Waals surface area contributed by atoms with Crippen molar-refractivity contribution in [2.45, 2.75) is 32.9 Å². The average molecular weight is 258 g/mol. The van der Waals surface area contributed by atoms with Crippen molar-refractivity contribution in [3.8, 4) is 5.75 Å². The molecule has 1 aromatic carbocycles. The number of ether oxygens (including phenoxy) is 2. The first-order chi connectivity index (χ1) is 7.92. The second-order valence-corrected chi connectivity index (χ2v) is 5.19. The molecule has 0 aliphatic heterocycles. The van der Waals surface area contributed by atoms with Gasteiger partial charge in [0.25, 0.3) is 0 Å². The maximum absolute atomic E-state index is 6.06. The largest absolute Gasteiger partial charge is 0.490 e. The Morgan fingerprint density at radius 1 is 1.24 bits per heavy atom. The van der Waals surface area contributed by atoms with Crippen molar-refractivity contribution in [2.24, 2.45) is 5.73 Å². The van der Waals surface area contributed by atoms with Gasteiger partial charge in [0.15, 0.2) is 0 Å². The summed E-state index contributed by atoms with van der Waals surface area (Å²) >= 11 is 6.06. The summed E-state index contributed by atoms with van der Waals surface area (Å²) in [5, 5.41) is 0.587. The molecule has 0 aliphatic carbocycles. The normalized spacial score (nSPS) is 11.6. The first-order valence-electron chi connectivity index (χ1n) is 5.67. The van der Waals surface area contributed by atoms with Gasteiger partial charge in [0, 0.05) is 6.54 Å². The maximum atomic E-state index is 6.06. The van der Waals surface area contributed by atoms with Crippen molar-refractivity contribution in [1.29, 1.82) is 0 Å². The molecule has 0 aliphatic rings. The SMILES string of the molecule is CC(C)(C)OCCOc1ccc(CN)cc1Cl. The fraction of sp³-hybridized carbons (Fsp3) is 0.538. The van der Waals surface area contributed by atoms with Gasteiger partial charge in [-0.1, -0.05) is 17.7 Å². The molecule has 0 atom stereocenters. The van der Waals surface area contributed by atoms with Crippen LogP contribution in [0.4, 0.5) is 0 Å². The van der Waals surface area contributed by atoms with E-state index in [0.717, 1.165) is 5.56 Å². The summed E-state index contributed by atoms with van der Waals surface area (Å²) in [6.07, 6.45) is 0. The van der Waals surface area contributed by atoms with Crippen LogP contribution in [0.5, 0.6) is 5.75 Å². The molecular formula is C13H20ClNO2. The summed E-state index contributed by atoms with van der Waals surface area (Å²) in [6.45, 7) is 7.53. The number of nitrogens with two attached hydrogens (primary N) is 1. The quantitative estimate of drug-likeness (QED) is 0.825. The third-order valence-electron chi connectivity index (χ3n) is 2.11. The van der Waals surface area contributed by atoms with Crippen LogP contribution in [0.1, 0.15) is 26.3 Å². The van der Waals surface area contributed by atoms with Gasteiger partial charge in [0.05, 0.1) is 17.2 Å². The zero-order valence-electron chi connectivity index (χ0n) is 10.6. The summed E-state index contributed by atoms with van der Waals surface area (Å²) in [5.41, 5.74) is 6.37. The summed E-state index contributed by atoms with van der Waals surface area (Å²) < 4.78 is 11.1. The van der Waals surface area contributed by atoms with E-state index >= 15 is 0 Å². The summed E-state index contributed by atoms with van der Waals surface area (Å²) in [6, 6.07) is 5.56. The van der Waals surface area contributed by atoms with E-state index in [9.17, 15) is 0 Å². The zero-order chi connectivity index (χ0) is 12.9. The zero-order valence-corrected chi connectivity index (χ0v) is 11.4. The monoisotopic (exact) mass is 257 g/mol. The molecule has 0 unspecified atom stereocenters. The second kappa shape index (κ2) is 6.24. The van der Waals surface area contributed by atoms with Crippen LogP contribution in [0, 0.1) is 0 Å². The van der Waals surface area contributed by atoms with Gasteiger partial charge in [-0.2, -0.15) is 0 Å². The summed E-state index contributed by atoms with van der Waals surface area (Å²) in [4.78, 5) is 0. The van der Waals surface area contributed by atoms with E-state index in [2.05, 4.69) is 0 Å². The molecule has 0 amide bonds. The van der Waals surface area contributed by atoms with Crippen LogP contribution >= 0.6 is 11.6 Å². The van der Waals surface area contributed by atoms with Crippen molar-refractivity contribution in [3.63, 3.8) is 0 Å². The van der Waals surface area contributed by atoms with E-state index in [0.29, 0.717) is 30.5 Å². The minimum Gasteiger partial charge on any atom is -0.490 e. The molecule has 0 fully saturated rings. The standard InChI is InChI=1S/C13H20ClNO2/c1-13(2,3)17-7-6-16-12-5-4-10(9-15)8-11(12)14/h4-5,8H,6-7,9,15H2,1-3H3. The Balaban J connectivity index is 2.42. The van der Waals surface area contributed by atoms with E-state index < -0.39 is 0 Å². The molecule has 1 aromatic rings. The van der Waals surface area contributed by atoms with Gasteiger partial charge in [0.2, 0.25) is 0 Å². The van der Waals surface area contributed by atoms with Gasteiger partial charge in [-0.25, -0.2) is 0 Å². The molecule has 3 nitrogen and oxygen atoms in total. The lowest BCUT2D eigenvalue weighted by Gasteiger charge is -2.19. The van der Waals surface area contributed by atoms with Crippen molar-refractivity contribution >= 4 is 11.6 Å². The van der Waals surface area contributed by atoms with Crippen molar-refractivity contribution in [1.82, 2.24) is 0 Å². The Morgan fingerprint density at radius 2 is 1.94 bits per heavy atom. The molecule has 96 valence electrons. The van der Waals surface area contributed by atoms with Gasteiger partial charge >= 0.3 is 0 Å². The van der Waals surface area contributed by atoms with Gasteiger partial charge in [-0.05, 0) is 38.5 Å². The van der Waals surface area contributed by atoms with E-state index in [1.807, 2.05) is 39.0 Å². The van der Waals surface area contributed by atoms with Crippen LogP contribution in [0.2, 0.25) is 5.02 Å². The molecule has 1 rings (SSSR count). The number of halogens is 1. The Labute approximate surface area is 108 Å². The predicted molar refractivity (Wildman–Crippen MR) is 70.5 cm³/mol. The lowest BCUT2D eigenvalue weighted by molar-refractivity contribution is -0.0162. The van der Waals surface area contributed by atoms with Crippen molar-refractivity contribution in [3.05, 3.63) is 28.8 Å². The first-order valence-corrected chi connectivity index (χ1v) is 6.05. The van der Waals surface area contributed by atoms with Crippen LogP contribution in [-0.4, -0.2) is 18.8 Å². The Hall–Kier alpha value is -0.770. The third-order valence-corrected chi connectivity index (χ3v) is 2.40. The van der Waals surface area contributed by atoms with Crippen molar-refractivity contribution < 1.29 is 9.47 Å². The predicted octanol–water partition coefficient (Wildman–Crippen LogP) is 2.99. The number of hydrogen-bond acceptors (Lipinski definition) is 3. The van der Waals surface area contributed by atoms with Crippen LogP contribution in [0.3, 0.4) is 0 Å². The molecular weight excluding hydrogens is 238 g/mol. The molecule has 2 N–H and O–H groups in total. The smallest absolute Gasteiger partial charge is 0.138 e. The molecule has 0 spiro atoms. The van der Waals surface area contributed by atoms with Gasteiger partial charge in [0.1, 0.15) is 12.4 Å². The molecule has 0 heterocycles. The minimum absolute atomic E-state index is 0.142. The Kier molecular flexibility index (Phi) is 5.25. The van der Waals surface area contributed by atoms with Crippen LogP contribution < -0.4 is 10.5 Å². The van der Waals surface area contributed by atoms with Crippen LogP contribution in [0.15, 0.2) is 18.2 Å². The fourth-order valence-electron chi connectivity index (χ4n) is 1.29. The van der Waals surface area contributed by atoms with Crippen LogP contribution in [-0.2, 0) is 11.3 Å². The highest BCUT2D eigenvalue weighted by Gasteiger charge is 2.09. The summed E-state index contributed by atoms with van der Waals surface area (Å²) in [7, 11) is 0. The number of benzene rings is 1. The summed E-state index contributed by atoms with van der Waals surface area (Å²) in [5.74, 6) is 0.668. The second-order valence-electron chi connectivity index (χ2n) is 4.78. The molecule has 0 radical (unpaired) electrons. The number of hydrogen-bond donors (Lipinski definition) is 1. The molecule has 0 saturated heterocycles. The Bertz CT molecular complexity index is 361.